The molecule has 2 rings (SSSR count). The van der Waals surface area contributed by atoms with Gasteiger partial charge in [-0.1, -0.05) is 0 Å². The Hall–Kier alpha value is -1.11. The van der Waals surface area contributed by atoms with E-state index in [0.29, 0.717) is 5.69 Å². The van der Waals surface area contributed by atoms with Crippen molar-refractivity contribution >= 4 is 31.9 Å². The van der Waals surface area contributed by atoms with Gasteiger partial charge in [0.2, 0.25) is 0 Å². The fraction of sp³-hybridized carbons (Fsp3) is 0.222. The Morgan fingerprint density at radius 3 is 2.40 bits per heavy atom. The Morgan fingerprint density at radius 2 is 1.93 bits per heavy atom. The second kappa shape index (κ2) is 4.18. The van der Waals surface area contributed by atoms with Crippen LogP contribution in [-0.2, 0) is 0 Å². The van der Waals surface area contributed by atoms with Crippen LogP contribution in [0.5, 0.6) is 0 Å². The van der Waals surface area contributed by atoms with Crippen molar-refractivity contribution in [3.8, 4) is 0 Å². The minimum Gasteiger partial charge on any atom is -0.264 e. The van der Waals surface area contributed by atoms with E-state index in [1.165, 1.54) is 0 Å². The van der Waals surface area contributed by atoms with Crippen molar-refractivity contribution in [2.75, 3.05) is 16.8 Å². The van der Waals surface area contributed by atoms with Gasteiger partial charge in [0.25, 0.3) is 0 Å². The van der Waals surface area contributed by atoms with Gasteiger partial charge >= 0.3 is 0 Å². The molecule has 0 saturated heterocycles. The molecule has 2 N–H and O–H groups in total. The zero-order valence-corrected chi connectivity index (χ0v) is 9.42. The second-order valence-electron chi connectivity index (χ2n) is 3.16. The molecule has 1 aliphatic rings. The van der Waals surface area contributed by atoms with Gasteiger partial charge in [-0.25, -0.2) is 0 Å². The number of halogens is 1. The molecule has 1 aromatic rings. The zero-order chi connectivity index (χ0) is 10.8. The predicted molar refractivity (Wildman–Crippen MR) is 60.8 cm³/mol. The molecule has 0 spiro atoms. The van der Waals surface area contributed by atoms with Gasteiger partial charge in [0, 0.05) is 13.0 Å². The highest BCUT2D eigenvalue weighted by atomic mass is 79.9. The monoisotopic (exact) mass is 271 g/mol. The molecule has 0 radical (unpaired) electrons. The molecule has 0 aromatic heterocycles. The molecule has 0 amide bonds. The molecular formula is C9H10BrN3O2. The first-order valence-corrected chi connectivity index (χ1v) is 5.24. The Labute approximate surface area is 95.3 Å². The molecule has 80 valence electrons. The number of hydrogen-bond donors (Lipinski definition) is 2. The molecule has 0 unspecified atom stereocenters. The van der Waals surface area contributed by atoms with Gasteiger partial charge in [0.1, 0.15) is 4.62 Å². The molecule has 1 heterocycles. The number of benzene rings is 1. The van der Waals surface area contributed by atoms with Gasteiger partial charge in [0.15, 0.2) is 0 Å². The number of anilines is 2. The highest BCUT2D eigenvalue weighted by Gasteiger charge is 2.13. The van der Waals surface area contributed by atoms with Crippen LogP contribution in [0, 0.1) is 0 Å². The third-order valence-corrected chi connectivity index (χ3v) is 2.69. The third kappa shape index (κ3) is 2.28. The third-order valence-electron chi connectivity index (χ3n) is 2.14. The summed E-state index contributed by atoms with van der Waals surface area (Å²) in [6, 6.07) is 6.78. The average molecular weight is 272 g/mol. The molecule has 0 aliphatic carbocycles. The van der Waals surface area contributed by atoms with E-state index in [9.17, 15) is 0 Å². The fourth-order valence-corrected chi connectivity index (χ4v) is 1.74. The first-order valence-electron chi connectivity index (χ1n) is 4.45. The lowest BCUT2D eigenvalue weighted by atomic mass is 10.3. The van der Waals surface area contributed by atoms with Crippen molar-refractivity contribution in [2.24, 2.45) is 5.10 Å². The van der Waals surface area contributed by atoms with Gasteiger partial charge in [-0.15, -0.1) is 5.23 Å². The summed E-state index contributed by atoms with van der Waals surface area (Å²) in [5.41, 5.74) is 1.25. The Bertz CT molecular complexity index is 377. The number of hydrogen-bond acceptors (Lipinski definition) is 5. The maximum atomic E-state index is 8.76. The Balaban J connectivity index is 2.17. The summed E-state index contributed by atoms with van der Waals surface area (Å²) in [4.78, 5) is 0. The first-order chi connectivity index (χ1) is 7.16. The summed E-state index contributed by atoms with van der Waals surface area (Å²) in [7, 11) is 0. The number of nitrogens with zero attached hydrogens (tertiary/aromatic N) is 3. The Kier molecular flexibility index (Phi) is 2.90. The van der Waals surface area contributed by atoms with E-state index in [1.54, 1.807) is 24.3 Å². The van der Waals surface area contributed by atoms with E-state index < -0.39 is 0 Å². The molecule has 0 saturated carbocycles. The summed E-state index contributed by atoms with van der Waals surface area (Å²) in [6.45, 7) is 0.835. The van der Waals surface area contributed by atoms with Crippen LogP contribution in [0.4, 0.5) is 11.4 Å². The van der Waals surface area contributed by atoms with Crippen molar-refractivity contribution in [1.82, 2.24) is 0 Å². The minimum atomic E-state index is 0.0902. The van der Waals surface area contributed by atoms with E-state index in [0.717, 1.165) is 23.3 Å². The summed E-state index contributed by atoms with van der Waals surface area (Å²) < 4.78 is 0.928. The predicted octanol–water partition coefficient (Wildman–Crippen LogP) is 2.19. The van der Waals surface area contributed by atoms with E-state index in [1.807, 2.05) is 5.01 Å². The molecule has 0 bridgehead atoms. The standard InChI is InChI=1S/C9H10BrN3O2/c10-9-5-6-12(11-9)7-1-3-8(4-2-7)13(14)15/h1-4,14-15H,5-6H2. The van der Waals surface area contributed by atoms with Gasteiger partial charge in [-0.05, 0) is 40.2 Å². The van der Waals surface area contributed by atoms with Crippen molar-refractivity contribution in [1.29, 1.82) is 0 Å². The first kappa shape index (κ1) is 10.4. The highest BCUT2D eigenvalue weighted by Crippen LogP contribution is 2.23. The Morgan fingerprint density at radius 1 is 1.27 bits per heavy atom. The smallest absolute Gasteiger partial charge is 0.105 e. The second-order valence-corrected chi connectivity index (χ2v) is 4.07. The molecule has 6 heteroatoms. The van der Waals surface area contributed by atoms with E-state index >= 15 is 0 Å². The molecular weight excluding hydrogens is 262 g/mol. The summed E-state index contributed by atoms with van der Waals surface area (Å²) in [6.07, 6.45) is 0.897. The average Bonchev–Trinajstić information content (AvgIpc) is 2.65. The minimum absolute atomic E-state index is 0.0902. The van der Waals surface area contributed by atoms with Gasteiger partial charge in [-0.2, -0.15) is 5.10 Å². The number of rotatable bonds is 2. The molecule has 5 nitrogen and oxygen atoms in total. The van der Waals surface area contributed by atoms with Crippen molar-refractivity contribution in [3.63, 3.8) is 0 Å². The van der Waals surface area contributed by atoms with Crippen LogP contribution in [0.3, 0.4) is 0 Å². The van der Waals surface area contributed by atoms with E-state index in [2.05, 4.69) is 21.0 Å². The lowest BCUT2D eigenvalue weighted by Gasteiger charge is -2.14. The molecule has 15 heavy (non-hydrogen) atoms. The van der Waals surface area contributed by atoms with Gasteiger partial charge in [0.05, 0.1) is 11.4 Å². The lowest BCUT2D eigenvalue weighted by molar-refractivity contribution is 0.0292. The summed E-state index contributed by atoms with van der Waals surface area (Å²) in [5.74, 6) is 0. The molecule has 0 atom stereocenters. The van der Waals surface area contributed by atoms with E-state index in [4.69, 9.17) is 10.4 Å². The van der Waals surface area contributed by atoms with Crippen LogP contribution in [0.15, 0.2) is 29.4 Å². The van der Waals surface area contributed by atoms with Crippen LogP contribution in [0.25, 0.3) is 0 Å². The lowest BCUT2D eigenvalue weighted by Crippen LogP contribution is -2.13. The van der Waals surface area contributed by atoms with Crippen LogP contribution in [0.1, 0.15) is 6.42 Å². The zero-order valence-electron chi connectivity index (χ0n) is 7.84. The number of hydrazone groups is 1. The molecule has 1 aliphatic heterocycles. The fourth-order valence-electron chi connectivity index (χ4n) is 1.37. The summed E-state index contributed by atoms with van der Waals surface area (Å²) in [5, 5.41) is 23.7. The maximum Gasteiger partial charge on any atom is 0.105 e. The summed E-state index contributed by atoms with van der Waals surface area (Å²) >= 11 is 3.33. The molecule has 0 fully saturated rings. The largest absolute Gasteiger partial charge is 0.264 e. The maximum absolute atomic E-state index is 8.76. The van der Waals surface area contributed by atoms with Crippen LogP contribution in [0.2, 0.25) is 0 Å². The van der Waals surface area contributed by atoms with Crippen molar-refractivity contribution < 1.29 is 10.4 Å². The highest BCUT2D eigenvalue weighted by molar-refractivity contribution is 9.18. The normalized spacial score (nSPS) is 15.4. The van der Waals surface area contributed by atoms with Crippen LogP contribution < -0.4 is 10.2 Å². The van der Waals surface area contributed by atoms with Crippen molar-refractivity contribution in [2.45, 2.75) is 6.42 Å². The van der Waals surface area contributed by atoms with Gasteiger partial charge < -0.3 is 0 Å². The molecule has 1 aromatic carbocycles. The quantitative estimate of drug-likeness (QED) is 0.810. The SMILES string of the molecule is ON(O)c1ccc(N2CCC(Br)=N2)cc1. The topological polar surface area (TPSA) is 59.3 Å². The van der Waals surface area contributed by atoms with Crippen LogP contribution in [-0.4, -0.2) is 21.6 Å². The van der Waals surface area contributed by atoms with Gasteiger partial charge in [-0.3, -0.25) is 15.4 Å². The van der Waals surface area contributed by atoms with Crippen molar-refractivity contribution in [3.05, 3.63) is 24.3 Å². The van der Waals surface area contributed by atoms with Crippen LogP contribution >= 0.6 is 15.9 Å². The van der Waals surface area contributed by atoms with E-state index in [-0.39, 0.29) is 5.23 Å².